The number of amides is 1. The minimum absolute atomic E-state index is 0.00506. The van der Waals surface area contributed by atoms with Crippen molar-refractivity contribution in [1.82, 2.24) is 0 Å². The molecule has 0 heterocycles. The number of rotatable bonds is 7. The Morgan fingerprint density at radius 3 is 2.21 bits per heavy atom. The van der Waals surface area contributed by atoms with Gasteiger partial charge < -0.3 is 9.84 Å². The van der Waals surface area contributed by atoms with Crippen LogP contribution in [0, 0.1) is 0 Å². The number of aryl methyl sites for hydroxylation is 1. The second-order valence-electron chi connectivity index (χ2n) is 5.95. The second-order valence-corrected chi connectivity index (χ2v) is 6.66. The number of carbonyl (C=O) groups excluding carboxylic acids is 1. The molecule has 0 aliphatic carbocycles. The van der Waals surface area contributed by atoms with Gasteiger partial charge in [0.05, 0.1) is 0 Å². The molecule has 0 spiro atoms. The first-order valence-electron chi connectivity index (χ1n) is 7.17. The minimum Gasteiger partial charge on any atom is -0.481 e. The maximum absolute atomic E-state index is 12.2. The fraction of sp³-hybridized carbons (Fsp3) is 0.467. The molecular formula is C15H21NO7S. The Hall–Kier alpha value is -2.13. The fourth-order valence-electron chi connectivity index (χ4n) is 1.75. The maximum atomic E-state index is 12.2. The Morgan fingerprint density at radius 1 is 1.17 bits per heavy atom. The molecule has 0 aliphatic heterocycles. The molecular weight excluding hydrogens is 338 g/mol. The highest BCUT2D eigenvalue weighted by atomic mass is 32.2. The monoisotopic (exact) mass is 359 g/mol. The van der Waals surface area contributed by atoms with Gasteiger partial charge in [0.15, 0.2) is 0 Å². The Labute approximate surface area is 142 Å². The molecule has 0 aliphatic rings. The third kappa shape index (κ3) is 7.42. The van der Waals surface area contributed by atoms with Crippen molar-refractivity contribution >= 4 is 28.7 Å². The highest BCUT2D eigenvalue weighted by Gasteiger charge is 2.24. The summed E-state index contributed by atoms with van der Waals surface area (Å²) in [6.07, 6.45) is -0.405. The summed E-state index contributed by atoms with van der Waals surface area (Å²) in [5.74, 6) is -0.901. The van der Waals surface area contributed by atoms with E-state index in [0.717, 1.165) is 10.5 Å². The lowest BCUT2D eigenvalue weighted by molar-refractivity contribution is -0.136. The molecule has 1 aromatic rings. The van der Waals surface area contributed by atoms with E-state index >= 15 is 0 Å². The molecule has 0 unspecified atom stereocenters. The van der Waals surface area contributed by atoms with E-state index in [0.29, 0.717) is 12.1 Å². The summed E-state index contributed by atoms with van der Waals surface area (Å²) in [5, 5.41) is 8.68. The highest BCUT2D eigenvalue weighted by Crippen LogP contribution is 2.19. The zero-order valence-electron chi connectivity index (χ0n) is 13.7. The first kappa shape index (κ1) is 19.9. The van der Waals surface area contributed by atoms with E-state index in [1.165, 1.54) is 0 Å². The average Bonchev–Trinajstić information content (AvgIpc) is 2.44. The number of carboxylic acid groups (broad SMARTS) is 1. The number of aliphatic carboxylic acids is 1. The van der Waals surface area contributed by atoms with Gasteiger partial charge in [-0.25, -0.2) is 17.4 Å². The van der Waals surface area contributed by atoms with E-state index in [9.17, 15) is 18.0 Å². The molecule has 134 valence electrons. The summed E-state index contributed by atoms with van der Waals surface area (Å²) in [5.41, 5.74) is 0.400. The van der Waals surface area contributed by atoms with Crippen LogP contribution in [0.5, 0.6) is 0 Å². The van der Waals surface area contributed by atoms with Crippen LogP contribution in [0.2, 0.25) is 0 Å². The number of nitrogens with zero attached hydrogens (tertiary/aromatic N) is 1. The van der Waals surface area contributed by atoms with E-state index in [2.05, 4.69) is 4.18 Å². The van der Waals surface area contributed by atoms with Crippen LogP contribution in [-0.4, -0.2) is 37.9 Å². The molecule has 0 atom stereocenters. The van der Waals surface area contributed by atoms with Crippen molar-refractivity contribution in [2.24, 2.45) is 0 Å². The van der Waals surface area contributed by atoms with Gasteiger partial charge in [-0.15, -0.1) is 0 Å². The van der Waals surface area contributed by atoms with Crippen molar-refractivity contribution < 1.29 is 32.0 Å². The lowest BCUT2D eigenvalue weighted by Crippen LogP contribution is -2.38. The summed E-state index contributed by atoms with van der Waals surface area (Å²) in [4.78, 5) is 23.8. The predicted molar refractivity (Wildman–Crippen MR) is 87.4 cm³/mol. The summed E-state index contributed by atoms with van der Waals surface area (Å²) in [6.45, 7) is 4.55. The zero-order valence-corrected chi connectivity index (χ0v) is 14.6. The van der Waals surface area contributed by atoms with Gasteiger partial charge in [-0.05, 0) is 44.9 Å². The van der Waals surface area contributed by atoms with Crippen LogP contribution in [0.15, 0.2) is 24.3 Å². The van der Waals surface area contributed by atoms with Crippen molar-refractivity contribution in [2.75, 3.05) is 11.6 Å². The molecule has 0 bridgehead atoms. The van der Waals surface area contributed by atoms with E-state index in [-0.39, 0.29) is 6.42 Å². The van der Waals surface area contributed by atoms with E-state index in [1.54, 1.807) is 45.0 Å². The van der Waals surface area contributed by atoms with Crippen LogP contribution >= 0.6 is 0 Å². The largest absolute Gasteiger partial charge is 0.481 e. The number of ether oxygens (including phenoxy) is 1. The molecule has 0 saturated heterocycles. The van der Waals surface area contributed by atoms with Crippen LogP contribution in [0.3, 0.4) is 0 Å². The number of hydrogen-bond donors (Lipinski definition) is 2. The minimum atomic E-state index is -3.12. The summed E-state index contributed by atoms with van der Waals surface area (Å²) in [6, 6.07) is 6.46. The fourth-order valence-corrected chi connectivity index (χ4v) is 1.96. The van der Waals surface area contributed by atoms with Crippen molar-refractivity contribution in [2.45, 2.75) is 39.2 Å². The topological polar surface area (TPSA) is 110 Å². The molecule has 1 rings (SSSR count). The smallest absolute Gasteiger partial charge is 0.416 e. The van der Waals surface area contributed by atoms with Gasteiger partial charge in [0.1, 0.15) is 12.3 Å². The Bertz CT molecular complexity index is 639. The maximum Gasteiger partial charge on any atom is 0.416 e. The van der Waals surface area contributed by atoms with Crippen molar-refractivity contribution in [3.05, 3.63) is 29.8 Å². The zero-order chi connectivity index (χ0) is 18.3. The van der Waals surface area contributed by atoms with E-state index in [1.807, 2.05) is 0 Å². The second kappa shape index (κ2) is 8.65. The van der Waals surface area contributed by atoms with Crippen molar-refractivity contribution in [3.63, 3.8) is 0 Å². The SMILES string of the molecule is CC(C)(C)OC(=O)N(CO[SH](=O)=O)c1ccc(CCC(=O)O)cc1. The molecule has 24 heavy (non-hydrogen) atoms. The van der Waals surface area contributed by atoms with E-state index in [4.69, 9.17) is 9.84 Å². The van der Waals surface area contributed by atoms with Gasteiger partial charge in [-0.2, -0.15) is 0 Å². The molecule has 8 nitrogen and oxygen atoms in total. The third-order valence-electron chi connectivity index (χ3n) is 2.78. The van der Waals surface area contributed by atoms with Gasteiger partial charge in [-0.3, -0.25) is 9.69 Å². The van der Waals surface area contributed by atoms with E-state index < -0.39 is 35.4 Å². The van der Waals surface area contributed by atoms with Crippen LogP contribution < -0.4 is 4.90 Å². The van der Waals surface area contributed by atoms with Crippen LogP contribution in [-0.2, 0) is 31.1 Å². The molecule has 1 aromatic carbocycles. The highest BCUT2D eigenvalue weighted by molar-refractivity contribution is 7.67. The first-order chi connectivity index (χ1) is 11.1. The normalized spacial score (nSPS) is 11.3. The number of thiol groups is 1. The first-order valence-corrected chi connectivity index (χ1v) is 8.26. The molecule has 0 aromatic heterocycles. The quantitative estimate of drug-likeness (QED) is 0.565. The number of carboxylic acids is 1. The molecule has 0 fully saturated rings. The van der Waals surface area contributed by atoms with Gasteiger partial charge >= 0.3 is 12.1 Å². The van der Waals surface area contributed by atoms with Crippen LogP contribution in [0.1, 0.15) is 32.8 Å². The lowest BCUT2D eigenvalue weighted by atomic mass is 10.1. The summed E-state index contributed by atoms with van der Waals surface area (Å²) in [7, 11) is -3.12. The van der Waals surface area contributed by atoms with Gasteiger partial charge in [0.25, 0.3) is 11.0 Å². The molecule has 1 N–H and O–H groups in total. The van der Waals surface area contributed by atoms with Gasteiger partial charge in [-0.1, -0.05) is 12.1 Å². The number of carbonyl (C=O) groups is 2. The van der Waals surface area contributed by atoms with Gasteiger partial charge in [0, 0.05) is 12.1 Å². The van der Waals surface area contributed by atoms with Crippen molar-refractivity contribution in [3.8, 4) is 0 Å². The van der Waals surface area contributed by atoms with Gasteiger partial charge in [0.2, 0.25) is 0 Å². The molecule has 0 radical (unpaired) electrons. The lowest BCUT2D eigenvalue weighted by Gasteiger charge is -2.26. The van der Waals surface area contributed by atoms with Crippen LogP contribution in [0.4, 0.5) is 10.5 Å². The summed E-state index contributed by atoms with van der Waals surface area (Å²) < 4.78 is 31.0. The van der Waals surface area contributed by atoms with Crippen molar-refractivity contribution in [1.29, 1.82) is 0 Å². The molecule has 1 amide bonds. The summed E-state index contributed by atoms with van der Waals surface area (Å²) >= 11 is 0. The predicted octanol–water partition coefficient (Wildman–Crippen LogP) is 1.95. The number of benzene rings is 1. The average molecular weight is 359 g/mol. The molecule has 9 heteroatoms. The standard InChI is InChI=1S/C15H21NO7S/c1-15(2,3)23-14(19)16(10-22-24(20)21)12-7-4-11(5-8-12)6-9-13(17)18/h4-5,7-8,24H,6,9-10H2,1-3H3,(H,17,18). The molecule has 0 saturated carbocycles. The Balaban J connectivity index is 2.92. The number of hydrogen-bond acceptors (Lipinski definition) is 6. The van der Waals surface area contributed by atoms with Crippen LogP contribution in [0.25, 0.3) is 0 Å². The Kier molecular flexibility index (Phi) is 7.18. The third-order valence-corrected chi connectivity index (χ3v) is 3.11. The number of anilines is 1. The Morgan fingerprint density at radius 2 is 1.75 bits per heavy atom.